The van der Waals surface area contributed by atoms with Crippen LogP contribution >= 0.6 is 0 Å². The maximum absolute atomic E-state index is 13.1. The third-order valence-electron chi connectivity index (χ3n) is 8.04. The molecule has 0 bridgehead atoms. The summed E-state index contributed by atoms with van der Waals surface area (Å²) in [6.07, 6.45) is 3.08. The van der Waals surface area contributed by atoms with Gasteiger partial charge in [-0.25, -0.2) is 0 Å². The molecule has 4 nitrogen and oxygen atoms in total. The average Bonchev–Trinajstić information content (AvgIpc) is 2.87. The average molecular weight is 549 g/mol. The van der Waals surface area contributed by atoms with E-state index in [9.17, 15) is 9.59 Å². The summed E-state index contributed by atoms with van der Waals surface area (Å²) in [5, 5.41) is 2.46. The van der Waals surface area contributed by atoms with Crippen molar-refractivity contribution in [2.24, 2.45) is 17.3 Å². The van der Waals surface area contributed by atoms with E-state index in [-0.39, 0.29) is 34.7 Å². The zero-order chi connectivity index (χ0) is 28.8. The van der Waals surface area contributed by atoms with Crippen molar-refractivity contribution in [2.45, 2.75) is 91.7 Å². The van der Waals surface area contributed by atoms with Crippen LogP contribution in [0, 0.1) is 17.3 Å². The summed E-state index contributed by atoms with van der Waals surface area (Å²) in [5.41, 5.74) is 0.463. The van der Waals surface area contributed by atoms with E-state index >= 15 is 0 Å². The van der Waals surface area contributed by atoms with E-state index in [0.29, 0.717) is 25.9 Å². The van der Waals surface area contributed by atoms with Crippen molar-refractivity contribution in [1.82, 2.24) is 0 Å². The van der Waals surface area contributed by atoms with Crippen molar-refractivity contribution >= 4 is 30.4 Å². The number of ketones is 1. The maximum atomic E-state index is 13.1. The van der Waals surface area contributed by atoms with Crippen LogP contribution in [0.1, 0.15) is 80.6 Å². The number of rotatable bonds is 10. The quantitative estimate of drug-likeness (QED) is 0.141. The summed E-state index contributed by atoms with van der Waals surface area (Å²) >= 11 is 0. The monoisotopic (exact) mass is 548 g/mol. The van der Waals surface area contributed by atoms with Crippen molar-refractivity contribution in [3.63, 3.8) is 0 Å². The Morgan fingerprint density at radius 2 is 1.51 bits per heavy atom. The first kappa shape index (κ1) is 31.0. The highest BCUT2D eigenvalue weighted by molar-refractivity contribution is 6.99. The number of carbonyl (C=O) groups excluding carboxylic acids is 2. The summed E-state index contributed by atoms with van der Waals surface area (Å²) < 4.78 is 12.9. The largest absolute Gasteiger partial charge is 0.462 e. The van der Waals surface area contributed by atoms with Crippen LogP contribution in [0.5, 0.6) is 0 Å². The minimum Gasteiger partial charge on any atom is -0.462 e. The number of ether oxygens (including phenoxy) is 1. The number of esters is 1. The van der Waals surface area contributed by atoms with Gasteiger partial charge in [-0.3, -0.25) is 9.59 Å². The van der Waals surface area contributed by atoms with Crippen LogP contribution in [-0.2, 0) is 18.8 Å². The van der Waals surface area contributed by atoms with E-state index in [0.717, 1.165) is 18.4 Å². The van der Waals surface area contributed by atoms with Gasteiger partial charge in [0, 0.05) is 18.9 Å². The molecule has 0 aromatic heterocycles. The number of allylic oxidation sites excluding steroid dienone is 1. The number of hydrogen-bond donors (Lipinski definition) is 0. The molecule has 3 rings (SSSR count). The highest BCUT2D eigenvalue weighted by Crippen LogP contribution is 2.38. The molecule has 1 fully saturated rings. The topological polar surface area (TPSA) is 52.6 Å². The van der Waals surface area contributed by atoms with Crippen molar-refractivity contribution < 1.29 is 18.8 Å². The lowest BCUT2D eigenvalue weighted by molar-refractivity contribution is -0.162. The van der Waals surface area contributed by atoms with Crippen molar-refractivity contribution in [2.75, 3.05) is 6.61 Å². The van der Waals surface area contributed by atoms with Crippen molar-refractivity contribution in [1.29, 1.82) is 0 Å². The molecule has 212 valence electrons. The van der Waals surface area contributed by atoms with E-state index in [1.54, 1.807) is 0 Å². The molecular formula is C34H48O4Si. The Bertz CT molecular complexity index is 1070. The molecule has 0 aliphatic heterocycles. The molecule has 0 saturated heterocycles. The number of Topliss-reactive ketones (excluding diaryl/α,β-unsaturated/α-hetero) is 1. The van der Waals surface area contributed by atoms with Crippen LogP contribution in [0.25, 0.3) is 0 Å². The molecule has 0 heterocycles. The Labute approximate surface area is 237 Å². The van der Waals surface area contributed by atoms with Gasteiger partial charge in [0.05, 0.1) is 5.41 Å². The molecule has 2 aromatic carbocycles. The fraction of sp³-hybridized carbons (Fsp3) is 0.529. The lowest BCUT2D eigenvalue weighted by atomic mass is 9.73. The van der Waals surface area contributed by atoms with E-state index in [4.69, 9.17) is 9.16 Å². The lowest BCUT2D eigenvalue weighted by Crippen LogP contribution is -2.66. The SMILES string of the molecule is C=C(C)[C@H](CCCO[Si](c1ccccc1)(c1ccccc1)C(C)(C)C)C1CC(OC(=O)C(C)(C)C)CCC1=O. The summed E-state index contributed by atoms with van der Waals surface area (Å²) in [4.78, 5) is 25.6. The predicted octanol–water partition coefficient (Wildman–Crippen LogP) is 6.86. The van der Waals surface area contributed by atoms with Crippen LogP contribution in [0.3, 0.4) is 0 Å². The van der Waals surface area contributed by atoms with Gasteiger partial charge in [0.2, 0.25) is 0 Å². The Morgan fingerprint density at radius 1 is 0.974 bits per heavy atom. The van der Waals surface area contributed by atoms with Gasteiger partial charge in [-0.2, -0.15) is 0 Å². The first-order chi connectivity index (χ1) is 18.3. The number of benzene rings is 2. The lowest BCUT2D eigenvalue weighted by Gasteiger charge is -2.43. The first-order valence-electron chi connectivity index (χ1n) is 14.4. The smallest absolute Gasteiger partial charge is 0.311 e. The van der Waals surface area contributed by atoms with E-state index in [2.05, 4.69) is 88.0 Å². The minimum absolute atomic E-state index is 0.0522. The highest BCUT2D eigenvalue weighted by atomic mass is 28.4. The second-order valence-electron chi connectivity index (χ2n) is 13.2. The molecule has 2 unspecified atom stereocenters. The molecule has 0 radical (unpaired) electrons. The normalized spacial score (nSPS) is 19.4. The highest BCUT2D eigenvalue weighted by Gasteiger charge is 2.50. The second-order valence-corrected chi connectivity index (χ2v) is 17.5. The summed E-state index contributed by atoms with van der Waals surface area (Å²) in [6, 6.07) is 21.4. The van der Waals surface area contributed by atoms with Crippen LogP contribution < -0.4 is 10.4 Å². The Hall–Kier alpha value is -2.50. The molecule has 1 aliphatic rings. The number of hydrogen-bond acceptors (Lipinski definition) is 4. The van der Waals surface area contributed by atoms with Gasteiger partial charge < -0.3 is 9.16 Å². The Balaban J connectivity index is 1.76. The van der Waals surface area contributed by atoms with Gasteiger partial charge in [-0.05, 0) is 74.7 Å². The van der Waals surface area contributed by atoms with Crippen LogP contribution in [0.2, 0.25) is 5.04 Å². The van der Waals surface area contributed by atoms with Crippen molar-refractivity contribution in [3.8, 4) is 0 Å². The van der Waals surface area contributed by atoms with E-state index in [1.807, 2.05) is 27.7 Å². The van der Waals surface area contributed by atoms with Gasteiger partial charge in [-0.15, -0.1) is 0 Å². The zero-order valence-electron chi connectivity index (χ0n) is 25.1. The molecule has 3 atom stereocenters. The van der Waals surface area contributed by atoms with Gasteiger partial charge in [-0.1, -0.05) is 93.6 Å². The van der Waals surface area contributed by atoms with Gasteiger partial charge in [0.1, 0.15) is 11.9 Å². The first-order valence-corrected chi connectivity index (χ1v) is 16.3. The molecule has 0 amide bonds. The Morgan fingerprint density at radius 3 is 1.97 bits per heavy atom. The van der Waals surface area contributed by atoms with Crippen molar-refractivity contribution in [3.05, 3.63) is 72.8 Å². The molecule has 2 aromatic rings. The van der Waals surface area contributed by atoms with Crippen LogP contribution in [0.4, 0.5) is 0 Å². The molecular weight excluding hydrogens is 500 g/mol. The fourth-order valence-electron chi connectivity index (χ4n) is 5.93. The van der Waals surface area contributed by atoms with Gasteiger partial charge in [0.15, 0.2) is 0 Å². The molecule has 5 heteroatoms. The van der Waals surface area contributed by atoms with Gasteiger partial charge >= 0.3 is 5.97 Å². The van der Waals surface area contributed by atoms with E-state index in [1.165, 1.54) is 10.4 Å². The fourth-order valence-corrected chi connectivity index (χ4v) is 10.5. The third kappa shape index (κ3) is 7.37. The minimum atomic E-state index is -2.60. The third-order valence-corrected chi connectivity index (χ3v) is 13.1. The summed E-state index contributed by atoms with van der Waals surface area (Å²) in [6.45, 7) is 19.3. The summed E-state index contributed by atoms with van der Waals surface area (Å²) in [7, 11) is -2.60. The zero-order valence-corrected chi connectivity index (χ0v) is 26.1. The molecule has 1 saturated carbocycles. The Kier molecular flexibility index (Phi) is 10.2. The number of carbonyl (C=O) groups is 2. The van der Waals surface area contributed by atoms with Crippen LogP contribution in [0.15, 0.2) is 72.8 Å². The molecule has 39 heavy (non-hydrogen) atoms. The standard InChI is InChI=1S/C34H48O4Si/c1-25(2)29(30-24-26(21-22-31(30)35)38-32(36)33(3,4)5)20-15-23-37-39(34(6,7)8,27-16-11-9-12-17-27)28-18-13-10-14-19-28/h9-14,16-19,26,29-30H,1,15,20-24H2,2-8H3/t26?,29-,30?/m0/s1. The molecule has 1 aliphatic carbocycles. The second kappa shape index (κ2) is 12.8. The maximum Gasteiger partial charge on any atom is 0.311 e. The molecule has 0 spiro atoms. The predicted molar refractivity (Wildman–Crippen MR) is 163 cm³/mol. The summed E-state index contributed by atoms with van der Waals surface area (Å²) in [5.74, 6) is -0.0524. The molecule has 0 N–H and O–H groups in total. The van der Waals surface area contributed by atoms with Crippen LogP contribution in [-0.4, -0.2) is 32.8 Å². The van der Waals surface area contributed by atoms with E-state index < -0.39 is 13.7 Å². The van der Waals surface area contributed by atoms with Gasteiger partial charge in [0.25, 0.3) is 8.32 Å².